The van der Waals surface area contributed by atoms with Crippen LogP contribution in [0.25, 0.3) is 0 Å². The zero-order valence-electron chi connectivity index (χ0n) is 10.3. The van der Waals surface area contributed by atoms with E-state index in [4.69, 9.17) is 9.84 Å². The van der Waals surface area contributed by atoms with Gasteiger partial charge in [-0.3, -0.25) is 4.79 Å². The van der Waals surface area contributed by atoms with Gasteiger partial charge in [-0.15, -0.1) is 0 Å². The van der Waals surface area contributed by atoms with Gasteiger partial charge in [-0.25, -0.2) is 9.78 Å². The molecule has 2 rings (SSSR count). The van der Waals surface area contributed by atoms with Crippen LogP contribution in [0.4, 0.5) is 0 Å². The quantitative estimate of drug-likeness (QED) is 0.798. The molecule has 7 heteroatoms. The minimum atomic E-state index is -1.01. The van der Waals surface area contributed by atoms with E-state index in [1.54, 1.807) is 29.8 Å². The third-order valence-corrected chi connectivity index (χ3v) is 2.92. The first-order valence-corrected chi connectivity index (χ1v) is 5.53. The average Bonchev–Trinajstić information content (AvgIpc) is 2.68. The number of aliphatic carboxylic acids is 1. The maximum atomic E-state index is 12.0. The molecule has 0 unspecified atom stereocenters. The molecule has 7 nitrogen and oxygen atoms in total. The second-order valence-corrected chi connectivity index (χ2v) is 4.68. The van der Waals surface area contributed by atoms with Crippen molar-refractivity contribution < 1.29 is 19.4 Å². The molecule has 1 N–H and O–H groups in total. The molecule has 1 aromatic rings. The predicted octanol–water partition coefficient (Wildman–Crippen LogP) is -0.264. The number of likely N-dealkylation sites (tertiary alicyclic amines) is 1. The van der Waals surface area contributed by atoms with Crippen LogP contribution in [-0.4, -0.2) is 56.7 Å². The zero-order chi connectivity index (χ0) is 13.3. The van der Waals surface area contributed by atoms with Gasteiger partial charge in [-0.1, -0.05) is 0 Å². The number of amides is 1. The number of ether oxygens (including phenoxy) is 1. The second-order valence-electron chi connectivity index (χ2n) is 4.68. The van der Waals surface area contributed by atoms with Crippen molar-refractivity contribution in [1.82, 2.24) is 14.5 Å². The van der Waals surface area contributed by atoms with Crippen molar-refractivity contribution >= 4 is 11.9 Å². The maximum Gasteiger partial charge on any atom is 0.329 e. The number of carboxylic acids is 1. The number of imidazole rings is 1. The Bertz CT molecular complexity index is 476. The number of aryl methyl sites for hydroxylation is 1. The van der Waals surface area contributed by atoms with Gasteiger partial charge < -0.3 is 19.3 Å². The Morgan fingerprint density at radius 3 is 2.72 bits per heavy atom. The Hall–Kier alpha value is -1.89. The lowest BCUT2D eigenvalue weighted by Crippen LogP contribution is -2.63. The van der Waals surface area contributed by atoms with Crippen LogP contribution in [0.3, 0.4) is 0 Å². The Morgan fingerprint density at radius 1 is 1.56 bits per heavy atom. The molecule has 2 heterocycles. The third-order valence-electron chi connectivity index (χ3n) is 2.92. The third kappa shape index (κ3) is 2.35. The van der Waals surface area contributed by atoms with Crippen molar-refractivity contribution in [3.63, 3.8) is 0 Å². The number of carbonyl (C=O) groups is 2. The van der Waals surface area contributed by atoms with Crippen molar-refractivity contribution in [3.05, 3.63) is 18.2 Å². The number of hydrogen-bond donors (Lipinski definition) is 1. The first-order chi connectivity index (χ1) is 8.41. The average molecular weight is 253 g/mol. The monoisotopic (exact) mass is 253 g/mol. The van der Waals surface area contributed by atoms with Crippen LogP contribution in [0.5, 0.6) is 0 Å². The van der Waals surface area contributed by atoms with E-state index in [9.17, 15) is 9.59 Å². The van der Waals surface area contributed by atoms with Crippen molar-refractivity contribution in [2.45, 2.75) is 12.5 Å². The summed E-state index contributed by atoms with van der Waals surface area (Å²) < 4.78 is 6.89. The highest BCUT2D eigenvalue weighted by atomic mass is 16.5. The van der Waals surface area contributed by atoms with Crippen molar-refractivity contribution in [3.8, 4) is 0 Å². The van der Waals surface area contributed by atoms with Crippen LogP contribution in [0, 0.1) is 0 Å². The van der Waals surface area contributed by atoms with Crippen LogP contribution in [0.1, 0.15) is 17.4 Å². The summed E-state index contributed by atoms with van der Waals surface area (Å²) in [5, 5.41) is 8.54. The molecule has 0 aliphatic carbocycles. The predicted molar refractivity (Wildman–Crippen MR) is 61.1 cm³/mol. The highest BCUT2D eigenvalue weighted by Crippen LogP contribution is 2.26. The lowest BCUT2D eigenvalue weighted by molar-refractivity contribution is -0.160. The summed E-state index contributed by atoms with van der Waals surface area (Å²) in [4.78, 5) is 27.9. The molecule has 0 spiro atoms. The number of aromatic nitrogens is 2. The fourth-order valence-electron chi connectivity index (χ4n) is 1.96. The van der Waals surface area contributed by atoms with E-state index >= 15 is 0 Å². The van der Waals surface area contributed by atoms with Gasteiger partial charge in [0.15, 0.2) is 0 Å². The number of carboxylic acid groups (broad SMARTS) is 1. The summed E-state index contributed by atoms with van der Waals surface area (Å²) in [6.07, 6.45) is 3.07. The van der Waals surface area contributed by atoms with Gasteiger partial charge in [0.25, 0.3) is 5.91 Å². The van der Waals surface area contributed by atoms with E-state index in [0.29, 0.717) is 18.8 Å². The fraction of sp³-hybridized carbons (Fsp3) is 0.545. The highest BCUT2D eigenvalue weighted by molar-refractivity contribution is 5.93. The van der Waals surface area contributed by atoms with E-state index in [2.05, 4.69) is 4.98 Å². The molecule has 98 valence electrons. The molecule has 0 aromatic carbocycles. The minimum absolute atomic E-state index is 0.119. The van der Waals surface area contributed by atoms with Gasteiger partial charge in [0.1, 0.15) is 17.9 Å². The standard InChI is InChI=1S/C11H15N3O4/c1-11(18-4-9(15)16)5-14(6-11)10(17)8-3-12-7-13(8)2/h3,7H,4-6H2,1-2H3,(H,15,16). The first kappa shape index (κ1) is 12.6. The Labute approximate surface area is 104 Å². The molecule has 1 amide bonds. The molecule has 18 heavy (non-hydrogen) atoms. The van der Waals surface area contributed by atoms with Gasteiger partial charge in [0.2, 0.25) is 0 Å². The summed E-state index contributed by atoms with van der Waals surface area (Å²) in [5.74, 6) is -1.13. The summed E-state index contributed by atoms with van der Waals surface area (Å²) in [7, 11) is 1.75. The molecular weight excluding hydrogens is 238 g/mol. The molecule has 0 bridgehead atoms. The van der Waals surface area contributed by atoms with Crippen molar-refractivity contribution in [1.29, 1.82) is 0 Å². The van der Waals surface area contributed by atoms with Crippen LogP contribution >= 0.6 is 0 Å². The number of hydrogen-bond acceptors (Lipinski definition) is 4. The molecule has 1 aliphatic rings. The first-order valence-electron chi connectivity index (χ1n) is 5.53. The molecule has 0 atom stereocenters. The highest BCUT2D eigenvalue weighted by Gasteiger charge is 2.43. The smallest absolute Gasteiger partial charge is 0.329 e. The molecule has 1 saturated heterocycles. The molecule has 0 saturated carbocycles. The van der Waals surface area contributed by atoms with Gasteiger partial charge >= 0.3 is 5.97 Å². The van der Waals surface area contributed by atoms with E-state index in [0.717, 1.165) is 0 Å². The summed E-state index contributed by atoms with van der Waals surface area (Å²) in [6.45, 7) is 2.24. The SMILES string of the molecule is Cn1cncc1C(=O)N1CC(C)(OCC(=O)O)C1. The Morgan fingerprint density at radius 2 is 2.22 bits per heavy atom. The molecule has 0 radical (unpaired) electrons. The Balaban J connectivity index is 1.91. The lowest BCUT2D eigenvalue weighted by Gasteiger charge is -2.47. The summed E-state index contributed by atoms with van der Waals surface area (Å²) in [5.41, 5.74) is -0.0533. The topological polar surface area (TPSA) is 84.7 Å². The van der Waals surface area contributed by atoms with Gasteiger partial charge in [0, 0.05) is 7.05 Å². The van der Waals surface area contributed by atoms with Crippen LogP contribution in [0.15, 0.2) is 12.5 Å². The van der Waals surface area contributed by atoms with E-state index in [1.807, 2.05) is 0 Å². The maximum absolute atomic E-state index is 12.0. The summed E-state index contributed by atoms with van der Waals surface area (Å²) in [6, 6.07) is 0. The number of rotatable bonds is 4. The normalized spacial score (nSPS) is 17.3. The fourth-order valence-corrected chi connectivity index (χ4v) is 1.96. The van der Waals surface area contributed by atoms with Gasteiger partial charge in [0.05, 0.1) is 25.6 Å². The number of nitrogens with zero attached hydrogens (tertiary/aromatic N) is 3. The zero-order valence-corrected chi connectivity index (χ0v) is 10.3. The van der Waals surface area contributed by atoms with Crippen LogP contribution < -0.4 is 0 Å². The van der Waals surface area contributed by atoms with Gasteiger partial charge in [-0.05, 0) is 6.92 Å². The summed E-state index contributed by atoms with van der Waals surface area (Å²) >= 11 is 0. The van der Waals surface area contributed by atoms with Crippen molar-refractivity contribution in [2.24, 2.45) is 7.05 Å². The number of carbonyl (C=O) groups excluding carboxylic acids is 1. The molecule has 1 aliphatic heterocycles. The van der Waals surface area contributed by atoms with E-state index < -0.39 is 11.6 Å². The van der Waals surface area contributed by atoms with E-state index in [1.165, 1.54) is 6.20 Å². The van der Waals surface area contributed by atoms with Crippen molar-refractivity contribution in [2.75, 3.05) is 19.7 Å². The Kier molecular flexibility index (Phi) is 3.08. The molecular formula is C11H15N3O4. The molecule has 1 fully saturated rings. The minimum Gasteiger partial charge on any atom is -0.480 e. The molecule has 1 aromatic heterocycles. The second kappa shape index (κ2) is 4.41. The van der Waals surface area contributed by atoms with Crippen LogP contribution in [0.2, 0.25) is 0 Å². The largest absolute Gasteiger partial charge is 0.480 e. The van der Waals surface area contributed by atoms with E-state index in [-0.39, 0.29) is 12.5 Å². The van der Waals surface area contributed by atoms with Gasteiger partial charge in [-0.2, -0.15) is 0 Å². The van der Waals surface area contributed by atoms with Crippen LogP contribution in [-0.2, 0) is 16.6 Å². The lowest BCUT2D eigenvalue weighted by atomic mass is 9.96.